The number of aromatic nitrogens is 2. The number of amides is 1. The Morgan fingerprint density at radius 2 is 1.96 bits per heavy atom. The summed E-state index contributed by atoms with van der Waals surface area (Å²) in [5.74, 6) is 0.787. The Bertz CT molecular complexity index is 684. The maximum Gasteiger partial charge on any atom is 0.255 e. The highest BCUT2D eigenvalue weighted by atomic mass is 16.3. The van der Waals surface area contributed by atoms with E-state index >= 15 is 0 Å². The molecule has 5 nitrogen and oxygen atoms in total. The normalized spacial score (nSPS) is 27.0. The first-order chi connectivity index (χ1) is 11.2. The van der Waals surface area contributed by atoms with Crippen LogP contribution in [0.25, 0.3) is 11.4 Å². The van der Waals surface area contributed by atoms with E-state index < -0.39 is 0 Å². The number of carbonyl (C=O) groups is 1. The Morgan fingerprint density at radius 3 is 2.65 bits per heavy atom. The Morgan fingerprint density at radius 1 is 1.22 bits per heavy atom. The van der Waals surface area contributed by atoms with Gasteiger partial charge in [0.05, 0.1) is 11.7 Å². The van der Waals surface area contributed by atoms with Gasteiger partial charge in [-0.15, -0.1) is 0 Å². The van der Waals surface area contributed by atoms with Gasteiger partial charge in [-0.2, -0.15) is 0 Å². The summed E-state index contributed by atoms with van der Waals surface area (Å²) >= 11 is 0. The number of rotatable bonds is 2. The lowest BCUT2D eigenvalue weighted by molar-refractivity contribution is -0.0150. The van der Waals surface area contributed by atoms with Gasteiger partial charge in [0.2, 0.25) is 0 Å². The molecule has 2 N–H and O–H groups in total. The number of benzene rings is 1. The molecule has 0 radical (unpaired) electrons. The van der Waals surface area contributed by atoms with E-state index in [1.165, 1.54) is 0 Å². The minimum absolute atomic E-state index is 0.0681. The standard InChI is InChI=1S/C18H21N3O2/c22-14-10-12-4-3-5-13(11-14)21(12)18(23)16-7-2-1-6-15(16)17-19-8-9-20-17/h1-2,6-9,12-14,22H,3-5,10-11H2,(H,19,20)/t12-,13+,14?. The Labute approximate surface area is 135 Å². The largest absolute Gasteiger partial charge is 0.393 e. The minimum atomic E-state index is -0.269. The van der Waals surface area contributed by atoms with E-state index in [0.29, 0.717) is 18.4 Å². The third-order valence-electron chi connectivity index (χ3n) is 5.10. The molecule has 23 heavy (non-hydrogen) atoms. The quantitative estimate of drug-likeness (QED) is 0.895. The number of H-pyrrole nitrogens is 1. The molecule has 2 saturated heterocycles. The fourth-order valence-corrected chi connectivity index (χ4v) is 4.11. The van der Waals surface area contributed by atoms with Crippen molar-refractivity contribution in [2.24, 2.45) is 0 Å². The number of aliphatic hydroxyl groups excluding tert-OH is 1. The molecule has 2 fully saturated rings. The molecule has 0 aliphatic carbocycles. The van der Waals surface area contributed by atoms with E-state index in [0.717, 1.165) is 30.7 Å². The second-order valence-corrected chi connectivity index (χ2v) is 6.56. The maximum atomic E-state index is 13.2. The molecule has 2 aromatic rings. The van der Waals surface area contributed by atoms with Crippen LogP contribution in [-0.2, 0) is 0 Å². The van der Waals surface area contributed by atoms with Gasteiger partial charge in [0.1, 0.15) is 5.82 Å². The number of hydrogen-bond acceptors (Lipinski definition) is 3. The molecule has 3 heterocycles. The van der Waals surface area contributed by atoms with Crippen molar-refractivity contribution < 1.29 is 9.90 Å². The molecular formula is C18H21N3O2. The molecule has 2 aliphatic rings. The lowest BCUT2D eigenvalue weighted by Crippen LogP contribution is -2.55. The summed E-state index contributed by atoms with van der Waals surface area (Å²) in [5.41, 5.74) is 1.53. The van der Waals surface area contributed by atoms with E-state index in [-0.39, 0.29) is 24.1 Å². The fourth-order valence-electron chi connectivity index (χ4n) is 4.11. The zero-order chi connectivity index (χ0) is 15.8. The first-order valence-electron chi connectivity index (χ1n) is 8.33. The van der Waals surface area contributed by atoms with Crippen LogP contribution in [0.15, 0.2) is 36.7 Å². The van der Waals surface area contributed by atoms with Crippen LogP contribution < -0.4 is 0 Å². The van der Waals surface area contributed by atoms with E-state index in [9.17, 15) is 9.90 Å². The SMILES string of the molecule is O=C(c1ccccc1-c1ncc[nH]1)N1[C@@H]2CCC[C@H]1CC(O)C2. The summed E-state index contributed by atoms with van der Waals surface area (Å²) in [4.78, 5) is 22.6. The number of aromatic amines is 1. The average Bonchev–Trinajstić information content (AvgIpc) is 3.08. The summed E-state index contributed by atoms with van der Waals surface area (Å²) in [7, 11) is 0. The number of imidazole rings is 1. The fraction of sp³-hybridized carbons (Fsp3) is 0.444. The van der Waals surface area contributed by atoms with Crippen molar-refractivity contribution in [2.75, 3.05) is 0 Å². The second-order valence-electron chi connectivity index (χ2n) is 6.56. The van der Waals surface area contributed by atoms with E-state index in [2.05, 4.69) is 9.97 Å². The van der Waals surface area contributed by atoms with Crippen molar-refractivity contribution in [2.45, 2.75) is 50.3 Å². The third kappa shape index (κ3) is 2.55. The average molecular weight is 311 g/mol. The van der Waals surface area contributed by atoms with Gasteiger partial charge in [-0.05, 0) is 38.2 Å². The van der Waals surface area contributed by atoms with E-state index in [1.807, 2.05) is 29.2 Å². The summed E-state index contributed by atoms with van der Waals surface area (Å²) in [6.07, 6.45) is 7.71. The van der Waals surface area contributed by atoms with Gasteiger partial charge in [0.25, 0.3) is 5.91 Å². The second kappa shape index (κ2) is 5.81. The van der Waals surface area contributed by atoms with Gasteiger partial charge in [-0.3, -0.25) is 4.79 Å². The number of fused-ring (bicyclic) bond motifs is 2. The molecule has 3 atom stereocenters. The molecule has 1 aromatic carbocycles. The highest BCUT2D eigenvalue weighted by Gasteiger charge is 2.41. The van der Waals surface area contributed by atoms with Crippen LogP contribution in [0, 0.1) is 0 Å². The highest BCUT2D eigenvalue weighted by molar-refractivity contribution is 6.00. The molecule has 1 aromatic heterocycles. The van der Waals surface area contributed by atoms with Crippen LogP contribution in [0.3, 0.4) is 0 Å². The highest BCUT2D eigenvalue weighted by Crippen LogP contribution is 2.36. The van der Waals surface area contributed by atoms with Gasteiger partial charge in [0, 0.05) is 30.0 Å². The van der Waals surface area contributed by atoms with Gasteiger partial charge in [-0.1, -0.05) is 18.2 Å². The van der Waals surface area contributed by atoms with Gasteiger partial charge >= 0.3 is 0 Å². The Balaban J connectivity index is 1.70. The molecule has 4 rings (SSSR count). The maximum absolute atomic E-state index is 13.2. The Hall–Kier alpha value is -2.14. The van der Waals surface area contributed by atoms with E-state index in [4.69, 9.17) is 0 Å². The molecule has 5 heteroatoms. The number of nitrogens with one attached hydrogen (secondary N) is 1. The third-order valence-corrected chi connectivity index (χ3v) is 5.10. The summed E-state index contributed by atoms with van der Waals surface area (Å²) in [6.45, 7) is 0. The number of nitrogens with zero attached hydrogens (tertiary/aromatic N) is 2. The van der Waals surface area contributed by atoms with Gasteiger partial charge < -0.3 is 15.0 Å². The zero-order valence-corrected chi connectivity index (χ0v) is 13.0. The first kappa shape index (κ1) is 14.5. The molecule has 1 unspecified atom stereocenters. The van der Waals surface area contributed by atoms with Crippen LogP contribution in [0.4, 0.5) is 0 Å². The van der Waals surface area contributed by atoms with Crippen LogP contribution in [0.2, 0.25) is 0 Å². The van der Waals surface area contributed by atoms with Crippen molar-refractivity contribution in [1.29, 1.82) is 0 Å². The van der Waals surface area contributed by atoms with Crippen molar-refractivity contribution in [3.63, 3.8) is 0 Å². The monoisotopic (exact) mass is 311 g/mol. The molecule has 120 valence electrons. The lowest BCUT2D eigenvalue weighted by Gasteiger charge is -2.48. The predicted molar refractivity (Wildman–Crippen MR) is 86.9 cm³/mol. The number of carbonyl (C=O) groups excluding carboxylic acids is 1. The molecule has 0 spiro atoms. The minimum Gasteiger partial charge on any atom is -0.393 e. The van der Waals surface area contributed by atoms with Crippen LogP contribution in [-0.4, -0.2) is 44.1 Å². The van der Waals surface area contributed by atoms with Gasteiger partial charge in [-0.25, -0.2) is 4.98 Å². The lowest BCUT2D eigenvalue weighted by atomic mass is 9.82. The smallest absolute Gasteiger partial charge is 0.255 e. The number of piperidine rings is 2. The zero-order valence-electron chi connectivity index (χ0n) is 13.0. The van der Waals surface area contributed by atoms with Crippen molar-refractivity contribution in [3.8, 4) is 11.4 Å². The molecule has 2 bridgehead atoms. The van der Waals surface area contributed by atoms with Crippen molar-refractivity contribution in [1.82, 2.24) is 14.9 Å². The molecule has 0 saturated carbocycles. The number of aliphatic hydroxyl groups is 1. The topological polar surface area (TPSA) is 69.2 Å². The first-order valence-corrected chi connectivity index (χ1v) is 8.33. The molecule has 2 aliphatic heterocycles. The van der Waals surface area contributed by atoms with Crippen LogP contribution in [0.5, 0.6) is 0 Å². The van der Waals surface area contributed by atoms with E-state index in [1.54, 1.807) is 12.4 Å². The van der Waals surface area contributed by atoms with Crippen LogP contribution in [0.1, 0.15) is 42.5 Å². The summed E-state index contributed by atoms with van der Waals surface area (Å²) in [6, 6.07) is 7.95. The predicted octanol–water partition coefficient (Wildman–Crippen LogP) is 2.59. The van der Waals surface area contributed by atoms with Crippen molar-refractivity contribution in [3.05, 3.63) is 42.2 Å². The van der Waals surface area contributed by atoms with Crippen molar-refractivity contribution >= 4 is 5.91 Å². The van der Waals surface area contributed by atoms with Crippen LogP contribution >= 0.6 is 0 Å². The molecular weight excluding hydrogens is 290 g/mol. The number of hydrogen-bond donors (Lipinski definition) is 2. The Kier molecular flexibility index (Phi) is 3.65. The summed E-state index contributed by atoms with van der Waals surface area (Å²) < 4.78 is 0. The summed E-state index contributed by atoms with van der Waals surface area (Å²) in [5, 5.41) is 10.0. The molecule has 1 amide bonds. The van der Waals surface area contributed by atoms with Gasteiger partial charge in [0.15, 0.2) is 0 Å².